The molecule has 0 fully saturated rings. The number of ether oxygens (including phenoxy) is 1. The Morgan fingerprint density at radius 1 is 1.32 bits per heavy atom. The van der Waals surface area contributed by atoms with Crippen LogP contribution in [0.1, 0.15) is 9.67 Å². The molecular weight excluding hydrogens is 296 g/mol. The molecule has 1 aromatic carbocycles. The fourth-order valence-corrected chi connectivity index (χ4v) is 2.67. The van der Waals surface area contributed by atoms with Gasteiger partial charge in [0.1, 0.15) is 16.5 Å². The lowest BCUT2D eigenvalue weighted by Gasteiger charge is -2.01. The molecule has 0 spiro atoms. The van der Waals surface area contributed by atoms with E-state index in [1.807, 2.05) is 0 Å². The Labute approximate surface area is 116 Å². The number of hydrogen-bond acceptors (Lipinski definition) is 4. The van der Waals surface area contributed by atoms with Crippen LogP contribution in [0.5, 0.6) is 0 Å². The van der Waals surface area contributed by atoms with E-state index in [-0.39, 0.29) is 21.2 Å². The van der Waals surface area contributed by atoms with Crippen LogP contribution < -0.4 is 5.73 Å². The van der Waals surface area contributed by atoms with Crippen molar-refractivity contribution in [2.75, 3.05) is 12.8 Å². The molecule has 2 aromatic rings. The summed E-state index contributed by atoms with van der Waals surface area (Å²) in [7, 11) is 1.21. The van der Waals surface area contributed by atoms with Crippen molar-refractivity contribution in [2.24, 2.45) is 0 Å². The molecular formula is C12H8ClF2NO2S. The van der Waals surface area contributed by atoms with Crippen LogP contribution in [0.3, 0.4) is 0 Å². The number of benzene rings is 1. The van der Waals surface area contributed by atoms with Gasteiger partial charge in [0.15, 0.2) is 0 Å². The molecule has 0 aliphatic carbocycles. The molecule has 1 heterocycles. The monoisotopic (exact) mass is 303 g/mol. The molecule has 0 aliphatic rings. The minimum Gasteiger partial charge on any atom is -0.465 e. The van der Waals surface area contributed by atoms with E-state index < -0.39 is 17.6 Å². The lowest BCUT2D eigenvalue weighted by molar-refractivity contribution is 0.0607. The van der Waals surface area contributed by atoms with Gasteiger partial charge in [0, 0.05) is 10.4 Å². The molecule has 0 saturated carbocycles. The maximum absolute atomic E-state index is 13.7. The SMILES string of the molecule is COC(=O)c1sc(-c2cc(F)c(Cl)cc2F)cc1N. The van der Waals surface area contributed by atoms with Gasteiger partial charge in [0.25, 0.3) is 0 Å². The van der Waals surface area contributed by atoms with Crippen molar-refractivity contribution in [1.29, 1.82) is 0 Å². The largest absolute Gasteiger partial charge is 0.465 e. The van der Waals surface area contributed by atoms with Crippen LogP contribution in [0.15, 0.2) is 18.2 Å². The first-order chi connectivity index (χ1) is 8.93. The zero-order chi connectivity index (χ0) is 14.2. The van der Waals surface area contributed by atoms with Gasteiger partial charge >= 0.3 is 5.97 Å². The molecule has 2 rings (SSSR count). The van der Waals surface area contributed by atoms with E-state index >= 15 is 0 Å². The number of nitrogens with two attached hydrogens (primary N) is 1. The minimum absolute atomic E-state index is 0.00578. The normalized spacial score (nSPS) is 10.5. The van der Waals surface area contributed by atoms with Crippen LogP contribution in [0.25, 0.3) is 10.4 Å². The first-order valence-electron chi connectivity index (χ1n) is 5.06. The van der Waals surface area contributed by atoms with Gasteiger partial charge in [-0.05, 0) is 18.2 Å². The summed E-state index contributed by atoms with van der Waals surface area (Å²) in [5.41, 5.74) is 5.79. The van der Waals surface area contributed by atoms with Crippen molar-refractivity contribution >= 4 is 34.6 Å². The topological polar surface area (TPSA) is 52.3 Å². The second-order valence-electron chi connectivity index (χ2n) is 3.63. The van der Waals surface area contributed by atoms with Gasteiger partial charge in [0.05, 0.1) is 17.8 Å². The standard InChI is InChI=1S/C12H8ClF2NO2S/c1-18-12(17)11-9(16)4-10(19-11)5-2-8(15)6(13)3-7(5)14/h2-4H,16H2,1H3. The molecule has 1 aromatic heterocycles. The van der Waals surface area contributed by atoms with Gasteiger partial charge in [-0.25, -0.2) is 13.6 Å². The lowest BCUT2D eigenvalue weighted by Crippen LogP contribution is -2.00. The number of nitrogen functional groups attached to an aromatic ring is 1. The Bertz CT molecular complexity index is 657. The zero-order valence-corrected chi connectivity index (χ0v) is 11.2. The number of carbonyl (C=O) groups is 1. The first-order valence-corrected chi connectivity index (χ1v) is 6.26. The van der Waals surface area contributed by atoms with Gasteiger partial charge in [0.2, 0.25) is 0 Å². The van der Waals surface area contributed by atoms with Crippen molar-refractivity contribution in [3.8, 4) is 10.4 Å². The second-order valence-corrected chi connectivity index (χ2v) is 5.09. The molecule has 19 heavy (non-hydrogen) atoms. The molecule has 0 bridgehead atoms. The zero-order valence-electron chi connectivity index (χ0n) is 9.67. The molecule has 0 unspecified atom stereocenters. The van der Waals surface area contributed by atoms with E-state index in [4.69, 9.17) is 17.3 Å². The molecule has 2 N–H and O–H groups in total. The number of methoxy groups -OCH3 is 1. The first kappa shape index (κ1) is 13.8. The van der Waals surface area contributed by atoms with Gasteiger partial charge in [-0.2, -0.15) is 0 Å². The molecule has 100 valence electrons. The number of rotatable bonds is 2. The van der Waals surface area contributed by atoms with Gasteiger partial charge in [-0.1, -0.05) is 11.6 Å². The number of thiophene rings is 1. The van der Waals surface area contributed by atoms with E-state index in [0.717, 1.165) is 23.5 Å². The number of halogens is 3. The third kappa shape index (κ3) is 2.54. The number of carbonyl (C=O) groups excluding carboxylic acids is 1. The van der Waals surface area contributed by atoms with E-state index in [0.29, 0.717) is 4.88 Å². The third-order valence-corrected chi connectivity index (χ3v) is 3.86. The van der Waals surface area contributed by atoms with Crippen LogP contribution in [-0.4, -0.2) is 13.1 Å². The fraction of sp³-hybridized carbons (Fsp3) is 0.0833. The Balaban J connectivity index is 2.54. The summed E-state index contributed by atoms with van der Waals surface area (Å²) < 4.78 is 31.6. The third-order valence-electron chi connectivity index (χ3n) is 2.41. The molecule has 0 amide bonds. The second kappa shape index (κ2) is 5.14. The van der Waals surface area contributed by atoms with E-state index in [1.165, 1.54) is 13.2 Å². The summed E-state index contributed by atoms with van der Waals surface area (Å²) in [6, 6.07) is 3.23. The quantitative estimate of drug-likeness (QED) is 0.679. The van der Waals surface area contributed by atoms with Gasteiger partial charge in [-0.3, -0.25) is 0 Å². The lowest BCUT2D eigenvalue weighted by atomic mass is 10.1. The van der Waals surface area contributed by atoms with Crippen LogP contribution in [0, 0.1) is 11.6 Å². The fourth-order valence-electron chi connectivity index (χ4n) is 1.50. The number of esters is 1. The van der Waals surface area contributed by atoms with E-state index in [1.54, 1.807) is 0 Å². The van der Waals surface area contributed by atoms with Crippen LogP contribution in [0.4, 0.5) is 14.5 Å². The average molecular weight is 304 g/mol. The summed E-state index contributed by atoms with van der Waals surface area (Å²) in [4.78, 5) is 11.9. The summed E-state index contributed by atoms with van der Waals surface area (Å²) in [5.74, 6) is -2.06. The number of anilines is 1. The summed E-state index contributed by atoms with van der Waals surface area (Å²) in [6.45, 7) is 0. The van der Waals surface area contributed by atoms with Crippen molar-refractivity contribution in [3.05, 3.63) is 39.7 Å². The molecule has 7 heteroatoms. The van der Waals surface area contributed by atoms with Crippen molar-refractivity contribution in [3.63, 3.8) is 0 Å². The highest BCUT2D eigenvalue weighted by Crippen LogP contribution is 2.36. The molecule has 0 aliphatic heterocycles. The Hall–Kier alpha value is -1.66. The van der Waals surface area contributed by atoms with Gasteiger partial charge in [-0.15, -0.1) is 11.3 Å². The maximum atomic E-state index is 13.7. The molecule has 0 saturated heterocycles. The maximum Gasteiger partial charge on any atom is 0.350 e. The van der Waals surface area contributed by atoms with Crippen LogP contribution in [0.2, 0.25) is 5.02 Å². The van der Waals surface area contributed by atoms with Crippen molar-refractivity contribution in [2.45, 2.75) is 0 Å². The van der Waals surface area contributed by atoms with E-state index in [9.17, 15) is 13.6 Å². The predicted octanol–water partition coefficient (Wildman–Crippen LogP) is 3.72. The highest BCUT2D eigenvalue weighted by molar-refractivity contribution is 7.18. The number of hydrogen-bond donors (Lipinski definition) is 1. The summed E-state index contributed by atoms with van der Waals surface area (Å²) in [5, 5.41) is -0.307. The van der Waals surface area contributed by atoms with Gasteiger partial charge < -0.3 is 10.5 Å². The average Bonchev–Trinajstić information content (AvgIpc) is 2.75. The van der Waals surface area contributed by atoms with E-state index in [2.05, 4.69) is 4.74 Å². The van der Waals surface area contributed by atoms with Crippen molar-refractivity contribution in [1.82, 2.24) is 0 Å². The summed E-state index contributed by atoms with van der Waals surface area (Å²) in [6.07, 6.45) is 0. The smallest absolute Gasteiger partial charge is 0.350 e. The summed E-state index contributed by atoms with van der Waals surface area (Å²) >= 11 is 6.40. The highest BCUT2D eigenvalue weighted by Gasteiger charge is 2.18. The Morgan fingerprint density at radius 2 is 2.00 bits per heavy atom. The Morgan fingerprint density at radius 3 is 2.63 bits per heavy atom. The molecule has 0 atom stereocenters. The highest BCUT2D eigenvalue weighted by atomic mass is 35.5. The van der Waals surface area contributed by atoms with Crippen molar-refractivity contribution < 1.29 is 18.3 Å². The Kier molecular flexibility index (Phi) is 3.73. The predicted molar refractivity (Wildman–Crippen MR) is 70.4 cm³/mol. The van der Waals surface area contributed by atoms with Crippen LogP contribution >= 0.6 is 22.9 Å². The minimum atomic E-state index is -0.746. The molecule has 0 radical (unpaired) electrons. The van der Waals surface area contributed by atoms with Crippen LogP contribution in [-0.2, 0) is 4.74 Å². The molecule has 3 nitrogen and oxygen atoms in total.